The summed E-state index contributed by atoms with van der Waals surface area (Å²) >= 11 is 0. The van der Waals surface area contributed by atoms with Crippen LogP contribution in [0.25, 0.3) is 0 Å². The van der Waals surface area contributed by atoms with Gasteiger partial charge in [-0.15, -0.1) is 0 Å². The number of carbonyl (C=O) groups is 2. The lowest BCUT2D eigenvalue weighted by Gasteiger charge is -2.27. The Morgan fingerprint density at radius 2 is 1.87 bits per heavy atom. The zero-order valence-electron chi connectivity index (χ0n) is 12.7. The molecule has 0 spiro atoms. The first kappa shape index (κ1) is 17.4. The number of carbonyl (C=O) groups excluding carboxylic acids is 1. The third-order valence-corrected chi connectivity index (χ3v) is 5.49. The number of hydrogen-bond donors (Lipinski definition) is 2. The first-order chi connectivity index (χ1) is 10.8. The van der Waals surface area contributed by atoms with Crippen LogP contribution in [0.5, 0.6) is 0 Å². The van der Waals surface area contributed by atoms with Gasteiger partial charge in [0.1, 0.15) is 0 Å². The maximum Gasteiger partial charge on any atom is 0.335 e. The average molecular weight is 341 g/mol. The van der Waals surface area contributed by atoms with Gasteiger partial charge in [-0.2, -0.15) is 0 Å². The van der Waals surface area contributed by atoms with Crippen LogP contribution in [-0.4, -0.2) is 38.6 Å². The fourth-order valence-corrected chi connectivity index (χ4v) is 4.05. The van der Waals surface area contributed by atoms with Crippen molar-refractivity contribution in [2.45, 2.75) is 36.6 Å². The SMILES string of the molecule is COC(=O)C1CCC(NS(=O)(=O)c2cccc(C(=O)O)c2)CC1. The number of methoxy groups -OCH3 is 1. The van der Waals surface area contributed by atoms with Crippen LogP contribution < -0.4 is 4.72 Å². The van der Waals surface area contributed by atoms with Crippen LogP contribution in [0.2, 0.25) is 0 Å². The topological polar surface area (TPSA) is 110 Å². The quantitative estimate of drug-likeness (QED) is 0.783. The van der Waals surface area contributed by atoms with Crippen molar-refractivity contribution in [1.82, 2.24) is 4.72 Å². The van der Waals surface area contributed by atoms with Gasteiger partial charge in [-0.25, -0.2) is 17.9 Å². The second-order valence-corrected chi connectivity index (χ2v) is 7.24. The molecule has 1 fully saturated rings. The third kappa shape index (κ3) is 4.29. The number of aromatic carboxylic acids is 1. The Morgan fingerprint density at radius 3 is 2.43 bits per heavy atom. The number of ether oxygens (including phenoxy) is 1. The van der Waals surface area contributed by atoms with Crippen molar-refractivity contribution in [3.8, 4) is 0 Å². The number of sulfonamides is 1. The lowest BCUT2D eigenvalue weighted by Crippen LogP contribution is -2.38. The maximum atomic E-state index is 12.4. The summed E-state index contributed by atoms with van der Waals surface area (Å²) in [7, 11) is -2.45. The number of carboxylic acids is 1. The standard InChI is InChI=1S/C15H19NO6S/c1-22-15(19)10-5-7-12(8-6-10)16-23(20,21)13-4-2-3-11(9-13)14(17)18/h2-4,9-10,12,16H,5-8H2,1H3,(H,17,18). The molecule has 0 heterocycles. The van der Waals surface area contributed by atoms with Gasteiger partial charge in [0.15, 0.2) is 0 Å². The summed E-state index contributed by atoms with van der Waals surface area (Å²) in [5.74, 6) is -1.63. The van der Waals surface area contributed by atoms with Crippen LogP contribution in [-0.2, 0) is 19.6 Å². The van der Waals surface area contributed by atoms with Crippen LogP contribution in [0.3, 0.4) is 0 Å². The van der Waals surface area contributed by atoms with Gasteiger partial charge < -0.3 is 9.84 Å². The summed E-state index contributed by atoms with van der Waals surface area (Å²) in [5, 5.41) is 8.94. The Balaban J connectivity index is 2.04. The molecule has 1 saturated carbocycles. The molecule has 1 aliphatic rings. The van der Waals surface area contributed by atoms with Crippen LogP contribution >= 0.6 is 0 Å². The molecule has 0 aliphatic heterocycles. The van der Waals surface area contributed by atoms with E-state index >= 15 is 0 Å². The molecule has 2 N–H and O–H groups in total. The number of rotatable bonds is 5. The van der Waals surface area contributed by atoms with Crippen LogP contribution in [0.4, 0.5) is 0 Å². The number of carboxylic acid groups (broad SMARTS) is 1. The Hall–Kier alpha value is -1.93. The predicted octanol–water partition coefficient (Wildman–Crippen LogP) is 1.39. The summed E-state index contributed by atoms with van der Waals surface area (Å²) in [6, 6.07) is 4.95. The molecule has 1 aliphatic carbocycles. The summed E-state index contributed by atoms with van der Waals surface area (Å²) < 4.78 is 32.0. The van der Waals surface area contributed by atoms with Gasteiger partial charge in [0.05, 0.1) is 23.5 Å². The molecule has 1 aromatic carbocycles. The molecule has 0 atom stereocenters. The largest absolute Gasteiger partial charge is 0.478 e. The summed E-state index contributed by atoms with van der Waals surface area (Å²) in [6.07, 6.45) is 2.21. The number of benzene rings is 1. The van der Waals surface area contributed by atoms with E-state index in [0.29, 0.717) is 25.7 Å². The van der Waals surface area contributed by atoms with E-state index in [1.807, 2.05) is 0 Å². The molecule has 2 rings (SSSR count). The molecule has 1 aromatic rings. The van der Waals surface area contributed by atoms with Crippen molar-refractivity contribution in [2.24, 2.45) is 5.92 Å². The zero-order chi connectivity index (χ0) is 17.0. The fraction of sp³-hybridized carbons (Fsp3) is 0.467. The average Bonchev–Trinajstić information content (AvgIpc) is 2.54. The fourth-order valence-electron chi connectivity index (χ4n) is 2.70. The maximum absolute atomic E-state index is 12.4. The molecule has 7 nitrogen and oxygen atoms in total. The highest BCUT2D eigenvalue weighted by Crippen LogP contribution is 2.26. The molecule has 0 bridgehead atoms. The number of hydrogen-bond acceptors (Lipinski definition) is 5. The van der Waals surface area contributed by atoms with Crippen LogP contribution in [0, 0.1) is 5.92 Å². The van der Waals surface area contributed by atoms with Crippen molar-refractivity contribution >= 4 is 22.0 Å². The smallest absolute Gasteiger partial charge is 0.335 e. The Labute approximate surface area is 134 Å². The Bertz CT molecular complexity index is 692. The summed E-state index contributed by atoms with van der Waals surface area (Å²) in [5.41, 5.74) is -0.0812. The minimum Gasteiger partial charge on any atom is -0.478 e. The van der Waals surface area contributed by atoms with E-state index in [0.717, 1.165) is 6.07 Å². The van der Waals surface area contributed by atoms with Gasteiger partial charge >= 0.3 is 11.9 Å². The summed E-state index contributed by atoms with van der Waals surface area (Å²) in [4.78, 5) is 22.3. The van der Waals surface area contributed by atoms with Gasteiger partial charge in [-0.05, 0) is 43.9 Å². The first-order valence-corrected chi connectivity index (χ1v) is 8.75. The van der Waals surface area contributed by atoms with Crippen LogP contribution in [0.1, 0.15) is 36.0 Å². The summed E-state index contributed by atoms with van der Waals surface area (Å²) in [6.45, 7) is 0. The highest BCUT2D eigenvalue weighted by molar-refractivity contribution is 7.89. The lowest BCUT2D eigenvalue weighted by molar-refractivity contribution is -0.146. The van der Waals surface area contributed by atoms with Gasteiger partial charge in [-0.1, -0.05) is 6.07 Å². The molecule has 23 heavy (non-hydrogen) atoms. The lowest BCUT2D eigenvalue weighted by atomic mass is 9.86. The van der Waals surface area contributed by atoms with Gasteiger partial charge in [0.2, 0.25) is 10.0 Å². The van der Waals surface area contributed by atoms with Crippen molar-refractivity contribution < 1.29 is 27.9 Å². The second kappa shape index (κ2) is 7.10. The van der Waals surface area contributed by atoms with Crippen molar-refractivity contribution in [3.63, 3.8) is 0 Å². The molecule has 0 saturated heterocycles. The van der Waals surface area contributed by atoms with Gasteiger partial charge in [0, 0.05) is 6.04 Å². The highest BCUT2D eigenvalue weighted by atomic mass is 32.2. The molecule has 8 heteroatoms. The normalized spacial score (nSPS) is 21.6. The molecule has 0 aromatic heterocycles. The van der Waals surface area contributed by atoms with E-state index < -0.39 is 16.0 Å². The molecule has 0 unspecified atom stereocenters. The van der Waals surface area contributed by atoms with E-state index in [-0.39, 0.29) is 28.4 Å². The van der Waals surface area contributed by atoms with Crippen molar-refractivity contribution in [3.05, 3.63) is 29.8 Å². The van der Waals surface area contributed by atoms with Crippen molar-refractivity contribution in [2.75, 3.05) is 7.11 Å². The number of nitrogens with one attached hydrogen (secondary N) is 1. The Morgan fingerprint density at radius 1 is 1.22 bits per heavy atom. The molecule has 0 radical (unpaired) electrons. The second-order valence-electron chi connectivity index (χ2n) is 5.53. The van der Waals surface area contributed by atoms with E-state index in [2.05, 4.69) is 4.72 Å². The molecular formula is C15H19NO6S. The number of esters is 1. The van der Waals surface area contributed by atoms with E-state index in [1.54, 1.807) is 0 Å². The minimum atomic E-state index is -3.79. The Kier molecular flexibility index (Phi) is 5.38. The molecule has 0 amide bonds. The van der Waals surface area contributed by atoms with Crippen LogP contribution in [0.15, 0.2) is 29.2 Å². The third-order valence-electron chi connectivity index (χ3n) is 3.97. The van der Waals surface area contributed by atoms with E-state index in [9.17, 15) is 18.0 Å². The molecular weight excluding hydrogens is 322 g/mol. The highest BCUT2D eigenvalue weighted by Gasteiger charge is 2.29. The minimum absolute atomic E-state index is 0.0764. The van der Waals surface area contributed by atoms with Crippen molar-refractivity contribution in [1.29, 1.82) is 0 Å². The monoisotopic (exact) mass is 341 g/mol. The van der Waals surface area contributed by atoms with Gasteiger partial charge in [0.25, 0.3) is 0 Å². The predicted molar refractivity (Wildman–Crippen MR) is 81.5 cm³/mol. The zero-order valence-corrected chi connectivity index (χ0v) is 13.5. The van der Waals surface area contributed by atoms with Gasteiger partial charge in [-0.3, -0.25) is 4.79 Å². The van der Waals surface area contributed by atoms with E-state index in [4.69, 9.17) is 9.84 Å². The first-order valence-electron chi connectivity index (χ1n) is 7.27. The molecule has 126 valence electrons. The van der Waals surface area contributed by atoms with E-state index in [1.165, 1.54) is 25.3 Å².